The molecule has 0 bridgehead atoms. The first kappa shape index (κ1) is 9.83. The van der Waals surface area contributed by atoms with Gasteiger partial charge in [-0.2, -0.15) is 0 Å². The minimum absolute atomic E-state index is 0.0520. The molecule has 2 rings (SSSR count). The zero-order valence-electron chi connectivity index (χ0n) is 8.44. The van der Waals surface area contributed by atoms with Gasteiger partial charge in [0.15, 0.2) is 0 Å². The fourth-order valence-corrected chi connectivity index (χ4v) is 2.06. The van der Waals surface area contributed by atoms with E-state index in [4.69, 9.17) is 10.8 Å². The number of nitrogens with zero attached hydrogens (tertiary/aromatic N) is 1. The molecule has 1 aliphatic rings. The molecule has 1 aromatic rings. The molecule has 0 saturated carbocycles. The minimum atomic E-state index is -0.801. The molecule has 0 radical (unpaired) electrons. The molecule has 1 aromatic carbocycles. The Labute approximate surface area is 88.3 Å². The molecular formula is C11H14N2O2. The summed E-state index contributed by atoms with van der Waals surface area (Å²) in [6.45, 7) is 0.846. The third-order valence-corrected chi connectivity index (χ3v) is 2.71. The Morgan fingerprint density at radius 2 is 2.33 bits per heavy atom. The Balaban J connectivity index is 2.34. The van der Waals surface area contributed by atoms with Crippen molar-refractivity contribution < 1.29 is 9.90 Å². The van der Waals surface area contributed by atoms with Crippen LogP contribution in [0.1, 0.15) is 12.0 Å². The second-order valence-electron chi connectivity index (χ2n) is 3.76. The van der Waals surface area contributed by atoms with Crippen molar-refractivity contribution in [2.75, 3.05) is 23.7 Å². The van der Waals surface area contributed by atoms with Crippen LogP contribution in [0.15, 0.2) is 18.2 Å². The maximum absolute atomic E-state index is 10.7. The summed E-state index contributed by atoms with van der Waals surface area (Å²) in [5, 5.41) is 8.79. The van der Waals surface area contributed by atoms with Gasteiger partial charge in [0.2, 0.25) is 0 Å². The summed E-state index contributed by atoms with van der Waals surface area (Å²) in [5.41, 5.74) is 8.69. The van der Waals surface area contributed by atoms with Gasteiger partial charge in [-0.3, -0.25) is 4.79 Å². The van der Waals surface area contributed by atoms with Gasteiger partial charge >= 0.3 is 5.97 Å². The topological polar surface area (TPSA) is 66.6 Å². The first-order valence-corrected chi connectivity index (χ1v) is 5.02. The Morgan fingerprint density at radius 3 is 3.07 bits per heavy atom. The number of benzene rings is 1. The SMILES string of the molecule is Nc1cccc2c1CCCN2CC(=O)O. The molecule has 0 fully saturated rings. The molecule has 15 heavy (non-hydrogen) atoms. The highest BCUT2D eigenvalue weighted by atomic mass is 16.4. The molecule has 3 N–H and O–H groups in total. The number of nitrogen functional groups attached to an aromatic ring is 1. The van der Waals surface area contributed by atoms with E-state index in [9.17, 15) is 4.79 Å². The first-order chi connectivity index (χ1) is 7.18. The van der Waals surface area contributed by atoms with E-state index in [0.717, 1.165) is 36.3 Å². The lowest BCUT2D eigenvalue weighted by Crippen LogP contribution is -2.34. The Morgan fingerprint density at radius 1 is 1.53 bits per heavy atom. The van der Waals surface area contributed by atoms with Gasteiger partial charge in [-0.1, -0.05) is 6.07 Å². The van der Waals surface area contributed by atoms with Crippen molar-refractivity contribution in [1.29, 1.82) is 0 Å². The van der Waals surface area contributed by atoms with Crippen molar-refractivity contribution in [3.05, 3.63) is 23.8 Å². The molecule has 80 valence electrons. The van der Waals surface area contributed by atoms with Gasteiger partial charge < -0.3 is 15.7 Å². The third kappa shape index (κ3) is 1.88. The Bertz CT molecular complexity index is 390. The fourth-order valence-electron chi connectivity index (χ4n) is 2.06. The highest BCUT2D eigenvalue weighted by molar-refractivity contribution is 5.76. The lowest BCUT2D eigenvalue weighted by Gasteiger charge is -2.30. The molecular weight excluding hydrogens is 192 g/mol. The number of carboxylic acids is 1. The molecule has 0 aromatic heterocycles. The maximum Gasteiger partial charge on any atom is 0.323 e. The number of rotatable bonds is 2. The molecule has 1 heterocycles. The average Bonchev–Trinajstić information content (AvgIpc) is 2.19. The molecule has 4 heteroatoms. The van der Waals surface area contributed by atoms with Crippen molar-refractivity contribution in [1.82, 2.24) is 0 Å². The van der Waals surface area contributed by atoms with Gasteiger partial charge in [-0.05, 0) is 30.5 Å². The van der Waals surface area contributed by atoms with Gasteiger partial charge in [0.1, 0.15) is 6.54 Å². The highest BCUT2D eigenvalue weighted by Crippen LogP contribution is 2.30. The maximum atomic E-state index is 10.7. The van der Waals surface area contributed by atoms with E-state index in [0.29, 0.717) is 0 Å². The smallest absolute Gasteiger partial charge is 0.323 e. The van der Waals surface area contributed by atoms with Crippen molar-refractivity contribution in [2.24, 2.45) is 0 Å². The van der Waals surface area contributed by atoms with Crippen LogP contribution in [0.2, 0.25) is 0 Å². The minimum Gasteiger partial charge on any atom is -0.480 e. The largest absolute Gasteiger partial charge is 0.480 e. The van der Waals surface area contributed by atoms with Gasteiger partial charge in [-0.25, -0.2) is 0 Å². The molecule has 0 spiro atoms. The summed E-state index contributed by atoms with van der Waals surface area (Å²) < 4.78 is 0. The van der Waals surface area contributed by atoms with E-state index < -0.39 is 5.97 Å². The molecule has 1 aliphatic heterocycles. The van der Waals surface area contributed by atoms with Crippen LogP contribution in [0.4, 0.5) is 11.4 Å². The van der Waals surface area contributed by atoms with Crippen LogP contribution in [0.3, 0.4) is 0 Å². The highest BCUT2D eigenvalue weighted by Gasteiger charge is 2.19. The van der Waals surface area contributed by atoms with Crippen molar-refractivity contribution >= 4 is 17.3 Å². The Hall–Kier alpha value is -1.71. The number of nitrogens with two attached hydrogens (primary N) is 1. The summed E-state index contributed by atoms with van der Waals surface area (Å²) in [6, 6.07) is 5.67. The number of hydrogen-bond donors (Lipinski definition) is 2. The summed E-state index contributed by atoms with van der Waals surface area (Å²) >= 11 is 0. The van der Waals surface area contributed by atoms with Crippen LogP contribution in [0, 0.1) is 0 Å². The molecule has 0 saturated heterocycles. The molecule has 0 atom stereocenters. The van der Waals surface area contributed by atoms with E-state index in [2.05, 4.69) is 0 Å². The van der Waals surface area contributed by atoms with Crippen LogP contribution in [0.5, 0.6) is 0 Å². The average molecular weight is 206 g/mol. The van der Waals surface area contributed by atoms with E-state index in [1.54, 1.807) is 0 Å². The quantitative estimate of drug-likeness (QED) is 0.711. The number of anilines is 2. The molecule has 0 unspecified atom stereocenters. The Kier molecular flexibility index (Phi) is 2.49. The van der Waals surface area contributed by atoms with Gasteiger partial charge in [0, 0.05) is 17.9 Å². The number of fused-ring (bicyclic) bond motifs is 1. The predicted octanol–water partition coefficient (Wildman–Crippen LogP) is 1.11. The van der Waals surface area contributed by atoms with Crippen molar-refractivity contribution in [2.45, 2.75) is 12.8 Å². The predicted molar refractivity (Wildman–Crippen MR) is 59.0 cm³/mol. The second kappa shape index (κ2) is 3.81. The van der Waals surface area contributed by atoms with Crippen LogP contribution in [0.25, 0.3) is 0 Å². The van der Waals surface area contributed by atoms with E-state index in [1.807, 2.05) is 23.1 Å². The normalized spacial score (nSPS) is 14.8. The van der Waals surface area contributed by atoms with Gasteiger partial charge in [0.05, 0.1) is 0 Å². The summed E-state index contributed by atoms with van der Waals surface area (Å²) in [5.74, 6) is -0.801. The number of carbonyl (C=O) groups is 1. The van der Waals surface area contributed by atoms with Gasteiger partial charge in [-0.15, -0.1) is 0 Å². The second-order valence-corrected chi connectivity index (χ2v) is 3.76. The molecule has 4 nitrogen and oxygen atoms in total. The van der Waals surface area contributed by atoms with E-state index >= 15 is 0 Å². The first-order valence-electron chi connectivity index (χ1n) is 5.02. The summed E-state index contributed by atoms with van der Waals surface area (Å²) in [6.07, 6.45) is 1.91. The monoisotopic (exact) mass is 206 g/mol. The van der Waals surface area contributed by atoms with Crippen molar-refractivity contribution in [3.8, 4) is 0 Å². The van der Waals surface area contributed by atoms with Crippen LogP contribution in [-0.4, -0.2) is 24.2 Å². The lowest BCUT2D eigenvalue weighted by molar-refractivity contribution is -0.135. The van der Waals surface area contributed by atoms with E-state index in [1.165, 1.54) is 0 Å². The number of aliphatic carboxylic acids is 1. The number of hydrogen-bond acceptors (Lipinski definition) is 3. The van der Waals surface area contributed by atoms with Gasteiger partial charge in [0.25, 0.3) is 0 Å². The van der Waals surface area contributed by atoms with E-state index in [-0.39, 0.29) is 6.54 Å². The lowest BCUT2D eigenvalue weighted by atomic mass is 10.00. The van der Waals surface area contributed by atoms with Crippen LogP contribution >= 0.6 is 0 Å². The fraction of sp³-hybridized carbons (Fsp3) is 0.364. The number of carboxylic acid groups (broad SMARTS) is 1. The molecule has 0 amide bonds. The third-order valence-electron chi connectivity index (χ3n) is 2.71. The molecule has 0 aliphatic carbocycles. The summed E-state index contributed by atoms with van der Waals surface area (Å²) in [7, 11) is 0. The standard InChI is InChI=1S/C11H14N2O2/c12-9-4-1-5-10-8(9)3-2-6-13(10)7-11(14)15/h1,4-5H,2-3,6-7,12H2,(H,14,15). The zero-order valence-corrected chi connectivity index (χ0v) is 8.44. The van der Waals surface area contributed by atoms with Crippen LogP contribution < -0.4 is 10.6 Å². The van der Waals surface area contributed by atoms with Crippen LogP contribution in [-0.2, 0) is 11.2 Å². The summed E-state index contributed by atoms with van der Waals surface area (Å²) in [4.78, 5) is 12.6. The zero-order chi connectivity index (χ0) is 10.8. The van der Waals surface area contributed by atoms with Crippen molar-refractivity contribution in [3.63, 3.8) is 0 Å².